The smallest absolute Gasteiger partial charge is 0.317 e. The van der Waals surface area contributed by atoms with Crippen LogP contribution in [-0.4, -0.2) is 48.8 Å². The van der Waals surface area contributed by atoms with Crippen LogP contribution in [0.1, 0.15) is 5.56 Å². The highest BCUT2D eigenvalue weighted by Crippen LogP contribution is 2.25. The maximum atomic E-state index is 13.4. The molecular weight excluding hydrogens is 309 g/mol. The number of rotatable bonds is 3. The molecule has 1 aliphatic rings. The maximum Gasteiger partial charge on any atom is 0.317 e. The summed E-state index contributed by atoms with van der Waals surface area (Å²) in [5.74, 6) is -0.441. The summed E-state index contributed by atoms with van der Waals surface area (Å²) < 4.78 is 18.6. The molecule has 1 aromatic heterocycles. The Labute approximate surface area is 132 Å². The minimum Gasteiger partial charge on any atom is -0.378 e. The first-order valence-corrected chi connectivity index (χ1v) is 7.58. The lowest BCUT2D eigenvalue weighted by atomic mass is 10.1. The fourth-order valence-corrected chi connectivity index (χ4v) is 2.73. The third-order valence-electron chi connectivity index (χ3n) is 3.78. The van der Waals surface area contributed by atoms with E-state index in [1.807, 2.05) is 6.20 Å². The SMILES string of the molecule is O=C(NCCc1c[nH]c2cc(F)c(Cl)cc12)N1CCOCC1. The highest BCUT2D eigenvalue weighted by Gasteiger charge is 2.16. The highest BCUT2D eigenvalue weighted by atomic mass is 35.5. The molecule has 2 N–H and O–H groups in total. The molecule has 0 radical (unpaired) electrons. The molecule has 7 heteroatoms. The van der Waals surface area contributed by atoms with E-state index in [2.05, 4.69) is 10.3 Å². The second kappa shape index (κ2) is 6.54. The fraction of sp³-hybridized carbons (Fsp3) is 0.400. The zero-order valence-corrected chi connectivity index (χ0v) is 12.8. The lowest BCUT2D eigenvalue weighted by molar-refractivity contribution is 0.0533. The third-order valence-corrected chi connectivity index (χ3v) is 4.07. The van der Waals surface area contributed by atoms with E-state index in [0.29, 0.717) is 44.8 Å². The van der Waals surface area contributed by atoms with Crippen molar-refractivity contribution in [1.82, 2.24) is 15.2 Å². The molecule has 1 aliphatic heterocycles. The van der Waals surface area contributed by atoms with Crippen LogP contribution in [0.5, 0.6) is 0 Å². The van der Waals surface area contributed by atoms with Crippen LogP contribution in [0.15, 0.2) is 18.3 Å². The number of urea groups is 1. The van der Waals surface area contributed by atoms with Gasteiger partial charge in [-0.1, -0.05) is 11.6 Å². The van der Waals surface area contributed by atoms with Gasteiger partial charge in [0.2, 0.25) is 0 Å². The summed E-state index contributed by atoms with van der Waals surface area (Å²) in [6, 6.07) is 2.92. The molecule has 1 saturated heterocycles. The Morgan fingerprint density at radius 1 is 1.41 bits per heavy atom. The van der Waals surface area contributed by atoms with Crippen LogP contribution < -0.4 is 5.32 Å². The number of ether oxygens (including phenoxy) is 1. The van der Waals surface area contributed by atoms with Crippen LogP contribution in [-0.2, 0) is 11.2 Å². The molecule has 0 spiro atoms. The molecule has 0 saturated carbocycles. The number of H-pyrrole nitrogens is 1. The minimum absolute atomic E-state index is 0.0766. The van der Waals surface area contributed by atoms with E-state index in [9.17, 15) is 9.18 Å². The predicted octanol–water partition coefficient (Wildman–Crippen LogP) is 2.54. The van der Waals surface area contributed by atoms with Crippen molar-refractivity contribution < 1.29 is 13.9 Å². The van der Waals surface area contributed by atoms with Crippen LogP contribution in [0.4, 0.5) is 9.18 Å². The van der Waals surface area contributed by atoms with Gasteiger partial charge >= 0.3 is 6.03 Å². The zero-order chi connectivity index (χ0) is 15.5. The summed E-state index contributed by atoms with van der Waals surface area (Å²) in [4.78, 5) is 16.7. The Kier molecular flexibility index (Phi) is 4.49. The van der Waals surface area contributed by atoms with Gasteiger partial charge in [-0.3, -0.25) is 0 Å². The second-order valence-electron chi connectivity index (χ2n) is 5.21. The Morgan fingerprint density at radius 3 is 2.95 bits per heavy atom. The van der Waals surface area contributed by atoms with Crippen molar-refractivity contribution in [3.63, 3.8) is 0 Å². The number of nitrogens with one attached hydrogen (secondary N) is 2. The number of benzene rings is 1. The minimum atomic E-state index is -0.441. The van der Waals surface area contributed by atoms with Gasteiger partial charge in [0.25, 0.3) is 0 Å². The van der Waals surface area contributed by atoms with Crippen molar-refractivity contribution in [3.05, 3.63) is 34.7 Å². The average molecular weight is 326 g/mol. The van der Waals surface area contributed by atoms with Gasteiger partial charge in [0.15, 0.2) is 0 Å². The third kappa shape index (κ3) is 3.18. The van der Waals surface area contributed by atoms with Crippen molar-refractivity contribution >= 4 is 28.5 Å². The predicted molar refractivity (Wildman–Crippen MR) is 82.8 cm³/mol. The van der Waals surface area contributed by atoms with E-state index < -0.39 is 5.82 Å². The van der Waals surface area contributed by atoms with E-state index in [-0.39, 0.29) is 11.1 Å². The first-order chi connectivity index (χ1) is 10.6. The number of morpholine rings is 1. The van der Waals surface area contributed by atoms with Crippen molar-refractivity contribution in [1.29, 1.82) is 0 Å². The number of halogens is 2. The molecule has 0 atom stereocenters. The van der Waals surface area contributed by atoms with Gasteiger partial charge in [-0.25, -0.2) is 9.18 Å². The van der Waals surface area contributed by atoms with Crippen molar-refractivity contribution in [3.8, 4) is 0 Å². The molecule has 0 aliphatic carbocycles. The first kappa shape index (κ1) is 15.1. The molecule has 1 fully saturated rings. The van der Waals surface area contributed by atoms with Crippen LogP contribution in [0.3, 0.4) is 0 Å². The Hall–Kier alpha value is -1.79. The van der Waals surface area contributed by atoms with Crippen molar-refractivity contribution in [2.75, 3.05) is 32.8 Å². The van der Waals surface area contributed by atoms with Gasteiger partial charge in [0.05, 0.1) is 18.2 Å². The Balaban J connectivity index is 1.59. The second-order valence-corrected chi connectivity index (χ2v) is 5.61. The molecule has 3 rings (SSSR count). The van der Waals surface area contributed by atoms with Gasteiger partial charge < -0.3 is 19.9 Å². The van der Waals surface area contributed by atoms with E-state index in [4.69, 9.17) is 16.3 Å². The van der Waals surface area contributed by atoms with E-state index >= 15 is 0 Å². The van der Waals surface area contributed by atoms with Crippen molar-refractivity contribution in [2.45, 2.75) is 6.42 Å². The number of amides is 2. The summed E-state index contributed by atoms with van der Waals surface area (Å²) in [6.45, 7) is 2.92. The number of hydrogen-bond acceptors (Lipinski definition) is 2. The first-order valence-electron chi connectivity index (χ1n) is 7.20. The normalized spacial score (nSPS) is 15.3. The standard InChI is InChI=1S/C15H17ClFN3O2/c16-12-7-11-10(9-19-14(11)8-13(12)17)1-2-18-15(21)20-3-5-22-6-4-20/h7-9,19H,1-6H2,(H,18,21). The van der Waals surface area contributed by atoms with Crippen LogP contribution in [0.2, 0.25) is 5.02 Å². The molecule has 22 heavy (non-hydrogen) atoms. The van der Waals surface area contributed by atoms with E-state index in [1.165, 1.54) is 6.07 Å². The average Bonchev–Trinajstić information content (AvgIpc) is 2.91. The Bertz CT molecular complexity index is 683. The summed E-state index contributed by atoms with van der Waals surface area (Å²) in [5, 5.41) is 3.88. The number of carbonyl (C=O) groups is 1. The molecular formula is C15H17ClFN3O2. The molecule has 5 nitrogen and oxygen atoms in total. The van der Waals surface area contributed by atoms with E-state index in [0.717, 1.165) is 10.9 Å². The number of fused-ring (bicyclic) bond motifs is 1. The van der Waals surface area contributed by atoms with Gasteiger partial charge in [-0.15, -0.1) is 0 Å². The molecule has 118 valence electrons. The lowest BCUT2D eigenvalue weighted by Gasteiger charge is -2.26. The molecule has 2 amide bonds. The summed E-state index contributed by atoms with van der Waals surface area (Å²) >= 11 is 5.83. The van der Waals surface area contributed by atoms with Crippen LogP contribution in [0, 0.1) is 5.82 Å². The molecule has 2 aromatic rings. The van der Waals surface area contributed by atoms with Crippen LogP contribution >= 0.6 is 11.6 Å². The summed E-state index contributed by atoms with van der Waals surface area (Å²) in [7, 11) is 0. The van der Waals surface area contributed by atoms with Crippen molar-refractivity contribution in [2.24, 2.45) is 0 Å². The molecule has 0 bridgehead atoms. The largest absolute Gasteiger partial charge is 0.378 e. The maximum absolute atomic E-state index is 13.4. The quantitative estimate of drug-likeness (QED) is 0.911. The van der Waals surface area contributed by atoms with Gasteiger partial charge in [0.1, 0.15) is 5.82 Å². The van der Waals surface area contributed by atoms with Gasteiger partial charge in [-0.05, 0) is 24.1 Å². The number of nitrogens with zero attached hydrogens (tertiary/aromatic N) is 1. The molecule has 0 unspecified atom stereocenters. The van der Waals surface area contributed by atoms with Crippen LogP contribution in [0.25, 0.3) is 10.9 Å². The number of aromatic amines is 1. The Morgan fingerprint density at radius 2 is 2.18 bits per heavy atom. The monoisotopic (exact) mass is 325 g/mol. The zero-order valence-electron chi connectivity index (χ0n) is 12.0. The number of hydrogen-bond donors (Lipinski definition) is 2. The summed E-state index contributed by atoms with van der Waals surface area (Å²) in [6.07, 6.45) is 2.47. The fourth-order valence-electron chi connectivity index (χ4n) is 2.56. The molecule has 1 aromatic carbocycles. The van der Waals surface area contributed by atoms with Gasteiger partial charge in [-0.2, -0.15) is 0 Å². The number of carbonyl (C=O) groups excluding carboxylic acids is 1. The number of aromatic nitrogens is 1. The van der Waals surface area contributed by atoms with E-state index in [1.54, 1.807) is 11.0 Å². The summed E-state index contributed by atoms with van der Waals surface area (Å²) in [5.41, 5.74) is 1.70. The molecule has 2 heterocycles. The lowest BCUT2D eigenvalue weighted by Crippen LogP contribution is -2.46. The topological polar surface area (TPSA) is 57.4 Å². The van der Waals surface area contributed by atoms with Gasteiger partial charge in [0, 0.05) is 36.7 Å². The highest BCUT2D eigenvalue weighted by molar-refractivity contribution is 6.31.